The maximum Gasteiger partial charge on any atom is 0.157 e. The van der Waals surface area contributed by atoms with Crippen LogP contribution in [0.3, 0.4) is 0 Å². The molecule has 0 aromatic rings. The Labute approximate surface area is 74.9 Å². The first-order valence-corrected chi connectivity index (χ1v) is 3.49. The maximum absolute atomic E-state index is 11.4. The van der Waals surface area contributed by atoms with Crippen LogP contribution in [-0.4, -0.2) is 11.3 Å². The summed E-state index contributed by atoms with van der Waals surface area (Å²) in [5.74, 6) is 0.0972. The van der Waals surface area contributed by atoms with Gasteiger partial charge in [0.25, 0.3) is 0 Å². The summed E-state index contributed by atoms with van der Waals surface area (Å²) in [6.45, 7) is 9.11. The molecule has 68 valence electrons. The van der Waals surface area contributed by atoms with Crippen LogP contribution >= 0.6 is 12.4 Å². The van der Waals surface area contributed by atoms with E-state index < -0.39 is 5.54 Å². The van der Waals surface area contributed by atoms with Crippen LogP contribution in [0.25, 0.3) is 0 Å². The molecule has 0 unspecified atom stereocenters. The van der Waals surface area contributed by atoms with Gasteiger partial charge in [-0.05, 0) is 13.8 Å². The van der Waals surface area contributed by atoms with Gasteiger partial charge in [-0.2, -0.15) is 0 Å². The zero-order valence-corrected chi connectivity index (χ0v) is 8.71. The number of nitrogens with two attached hydrogens (primary N) is 1. The van der Waals surface area contributed by atoms with E-state index in [4.69, 9.17) is 5.73 Å². The van der Waals surface area contributed by atoms with Gasteiger partial charge in [-0.15, -0.1) is 12.4 Å². The second kappa shape index (κ2) is 3.55. The largest absolute Gasteiger partial charge is 0.319 e. The molecule has 0 aromatic carbocycles. The van der Waals surface area contributed by atoms with Gasteiger partial charge in [0, 0.05) is 5.41 Å². The molecular formula is C8H18ClNO. The van der Waals surface area contributed by atoms with Crippen LogP contribution in [0, 0.1) is 5.41 Å². The number of hydrogen-bond donors (Lipinski definition) is 1. The third kappa shape index (κ3) is 4.38. The Morgan fingerprint density at radius 3 is 1.36 bits per heavy atom. The van der Waals surface area contributed by atoms with E-state index in [1.807, 2.05) is 20.8 Å². The molecule has 0 aliphatic rings. The predicted octanol–water partition coefficient (Wildman–Crippen LogP) is 1.76. The molecule has 0 amide bonds. The molecule has 0 bridgehead atoms. The van der Waals surface area contributed by atoms with Crippen molar-refractivity contribution in [2.45, 2.75) is 40.2 Å². The normalized spacial score (nSPS) is 12.2. The summed E-state index contributed by atoms with van der Waals surface area (Å²) >= 11 is 0. The Balaban J connectivity index is 0. The predicted molar refractivity (Wildman–Crippen MR) is 50.0 cm³/mol. The van der Waals surface area contributed by atoms with Crippen molar-refractivity contribution in [2.75, 3.05) is 0 Å². The lowest BCUT2D eigenvalue weighted by Crippen LogP contribution is -2.47. The number of Topliss-reactive ketones (excluding diaryl/α,β-unsaturated/α-hetero) is 1. The first kappa shape index (κ1) is 13.5. The highest BCUT2D eigenvalue weighted by Gasteiger charge is 2.32. The molecule has 3 heteroatoms. The smallest absolute Gasteiger partial charge is 0.157 e. The fourth-order valence-corrected chi connectivity index (χ4v) is 0.967. The molecule has 0 rings (SSSR count). The highest BCUT2D eigenvalue weighted by atomic mass is 35.5. The lowest BCUT2D eigenvalue weighted by atomic mass is 9.81. The SMILES string of the molecule is CC(C)(C)C(=O)C(C)(C)N.Cl. The van der Waals surface area contributed by atoms with Crippen LogP contribution in [0.1, 0.15) is 34.6 Å². The van der Waals surface area contributed by atoms with Crippen molar-refractivity contribution in [3.05, 3.63) is 0 Å². The average molecular weight is 180 g/mol. The lowest BCUT2D eigenvalue weighted by Gasteiger charge is -2.26. The quantitative estimate of drug-likeness (QED) is 0.667. The van der Waals surface area contributed by atoms with Crippen LogP contribution in [0.2, 0.25) is 0 Å². The van der Waals surface area contributed by atoms with Gasteiger partial charge < -0.3 is 5.73 Å². The summed E-state index contributed by atoms with van der Waals surface area (Å²) in [7, 11) is 0. The second-order valence-corrected chi connectivity index (χ2v) is 4.30. The van der Waals surface area contributed by atoms with E-state index in [0.29, 0.717) is 0 Å². The summed E-state index contributed by atoms with van der Waals surface area (Å²) in [5, 5.41) is 0. The Morgan fingerprint density at radius 2 is 1.36 bits per heavy atom. The third-order valence-corrected chi connectivity index (χ3v) is 1.27. The first-order valence-electron chi connectivity index (χ1n) is 3.49. The fraction of sp³-hybridized carbons (Fsp3) is 0.875. The molecule has 0 saturated carbocycles. The Kier molecular flexibility index (Phi) is 4.35. The van der Waals surface area contributed by atoms with Crippen LogP contribution in [0.15, 0.2) is 0 Å². The highest BCUT2D eigenvalue weighted by molar-refractivity contribution is 5.91. The molecule has 0 atom stereocenters. The number of hydrogen-bond acceptors (Lipinski definition) is 2. The van der Waals surface area contributed by atoms with Gasteiger partial charge in [0.15, 0.2) is 5.78 Å². The van der Waals surface area contributed by atoms with Crippen molar-refractivity contribution in [3.8, 4) is 0 Å². The van der Waals surface area contributed by atoms with E-state index in [0.717, 1.165) is 0 Å². The van der Waals surface area contributed by atoms with Crippen LogP contribution in [-0.2, 0) is 4.79 Å². The van der Waals surface area contributed by atoms with Gasteiger partial charge in [0.05, 0.1) is 5.54 Å². The zero-order valence-electron chi connectivity index (χ0n) is 7.89. The molecule has 0 aromatic heterocycles. The number of halogens is 1. The van der Waals surface area contributed by atoms with Crippen molar-refractivity contribution in [1.82, 2.24) is 0 Å². The molecule has 0 radical (unpaired) electrons. The van der Waals surface area contributed by atoms with Gasteiger partial charge in [-0.3, -0.25) is 4.79 Å². The van der Waals surface area contributed by atoms with Crippen molar-refractivity contribution < 1.29 is 4.79 Å². The van der Waals surface area contributed by atoms with Crippen LogP contribution in [0.5, 0.6) is 0 Å². The molecule has 2 N–H and O–H groups in total. The molecule has 0 fully saturated rings. The minimum Gasteiger partial charge on any atom is -0.319 e. The highest BCUT2D eigenvalue weighted by Crippen LogP contribution is 2.20. The van der Waals surface area contributed by atoms with E-state index in [-0.39, 0.29) is 23.6 Å². The summed E-state index contributed by atoms with van der Waals surface area (Å²) in [4.78, 5) is 11.4. The van der Waals surface area contributed by atoms with E-state index in [1.54, 1.807) is 13.8 Å². The molecule has 0 heterocycles. The number of carbonyl (C=O) groups is 1. The second-order valence-electron chi connectivity index (χ2n) is 4.30. The van der Waals surface area contributed by atoms with E-state index in [9.17, 15) is 4.79 Å². The summed E-state index contributed by atoms with van der Waals surface area (Å²) in [6, 6.07) is 0. The molecule has 11 heavy (non-hydrogen) atoms. The third-order valence-electron chi connectivity index (χ3n) is 1.27. The van der Waals surface area contributed by atoms with Crippen molar-refractivity contribution in [2.24, 2.45) is 11.1 Å². The minimum absolute atomic E-state index is 0. The Bertz CT molecular complexity index is 125. The maximum atomic E-state index is 11.4. The lowest BCUT2D eigenvalue weighted by molar-refractivity contribution is -0.130. The van der Waals surface area contributed by atoms with Gasteiger partial charge in [0.1, 0.15) is 0 Å². The summed E-state index contributed by atoms with van der Waals surface area (Å²) < 4.78 is 0. The van der Waals surface area contributed by atoms with Crippen molar-refractivity contribution >= 4 is 18.2 Å². The van der Waals surface area contributed by atoms with Gasteiger partial charge in [-0.25, -0.2) is 0 Å². The standard InChI is InChI=1S/C8H17NO.ClH/c1-7(2,3)6(10)8(4,5)9;/h9H2,1-5H3;1H. The molecule has 2 nitrogen and oxygen atoms in total. The van der Waals surface area contributed by atoms with Gasteiger partial charge in [0.2, 0.25) is 0 Å². The molecular weight excluding hydrogens is 162 g/mol. The summed E-state index contributed by atoms with van der Waals surface area (Å²) in [6.07, 6.45) is 0. The summed E-state index contributed by atoms with van der Waals surface area (Å²) in [5.41, 5.74) is 4.60. The monoisotopic (exact) mass is 179 g/mol. The van der Waals surface area contributed by atoms with E-state index >= 15 is 0 Å². The number of ketones is 1. The Hall–Kier alpha value is -0.0800. The zero-order chi connectivity index (χ0) is 8.58. The molecule has 0 spiro atoms. The first-order chi connectivity index (χ1) is 4.15. The van der Waals surface area contributed by atoms with Crippen LogP contribution in [0.4, 0.5) is 0 Å². The van der Waals surface area contributed by atoms with E-state index in [1.165, 1.54) is 0 Å². The van der Waals surface area contributed by atoms with Gasteiger partial charge >= 0.3 is 0 Å². The van der Waals surface area contributed by atoms with Crippen molar-refractivity contribution in [1.29, 1.82) is 0 Å². The minimum atomic E-state index is -0.696. The van der Waals surface area contributed by atoms with Gasteiger partial charge in [-0.1, -0.05) is 20.8 Å². The fourth-order valence-electron chi connectivity index (χ4n) is 0.967. The topological polar surface area (TPSA) is 43.1 Å². The average Bonchev–Trinajstić information content (AvgIpc) is 1.59. The number of carbonyl (C=O) groups excluding carboxylic acids is 1. The molecule has 0 aliphatic carbocycles. The molecule has 0 saturated heterocycles. The Morgan fingerprint density at radius 1 is 1.09 bits per heavy atom. The number of rotatable bonds is 1. The van der Waals surface area contributed by atoms with Crippen LogP contribution < -0.4 is 5.73 Å². The van der Waals surface area contributed by atoms with E-state index in [2.05, 4.69) is 0 Å². The molecule has 0 aliphatic heterocycles. The van der Waals surface area contributed by atoms with Crippen molar-refractivity contribution in [3.63, 3.8) is 0 Å².